The topological polar surface area (TPSA) is 30.5 Å². The summed E-state index contributed by atoms with van der Waals surface area (Å²) in [6, 6.07) is 14.0. The molecule has 0 bridgehead atoms. The quantitative estimate of drug-likeness (QED) is 0.425. The highest BCUT2D eigenvalue weighted by Gasteiger charge is 2.12. The van der Waals surface area contributed by atoms with Crippen molar-refractivity contribution in [3.63, 3.8) is 0 Å². The molecule has 0 unspecified atom stereocenters. The zero-order valence-corrected chi connectivity index (χ0v) is 17.3. The molecule has 0 atom stereocenters. The fourth-order valence-electron chi connectivity index (χ4n) is 2.54. The molecular formula is C21H17BrClF2NO2. The van der Waals surface area contributed by atoms with Gasteiger partial charge in [-0.15, -0.1) is 0 Å². The van der Waals surface area contributed by atoms with Crippen molar-refractivity contribution in [2.75, 3.05) is 12.4 Å². The van der Waals surface area contributed by atoms with Gasteiger partial charge in [-0.1, -0.05) is 33.6 Å². The van der Waals surface area contributed by atoms with E-state index in [9.17, 15) is 8.78 Å². The molecule has 3 aromatic rings. The van der Waals surface area contributed by atoms with Crippen LogP contribution >= 0.6 is 27.5 Å². The highest BCUT2D eigenvalue weighted by molar-refractivity contribution is 9.10. The Kier molecular flexibility index (Phi) is 6.75. The lowest BCUT2D eigenvalue weighted by Crippen LogP contribution is -2.03. The molecule has 0 spiro atoms. The Morgan fingerprint density at radius 1 is 0.929 bits per heavy atom. The van der Waals surface area contributed by atoms with Gasteiger partial charge in [0.1, 0.15) is 18.2 Å². The summed E-state index contributed by atoms with van der Waals surface area (Å²) >= 11 is 9.58. The predicted octanol–water partition coefficient (Wildman–Crippen LogP) is 6.58. The lowest BCUT2D eigenvalue weighted by atomic mass is 10.2. The van der Waals surface area contributed by atoms with Gasteiger partial charge in [-0.3, -0.25) is 0 Å². The van der Waals surface area contributed by atoms with E-state index in [1.54, 1.807) is 31.4 Å². The molecule has 0 aliphatic rings. The van der Waals surface area contributed by atoms with Gasteiger partial charge in [-0.2, -0.15) is 0 Å². The number of anilines is 1. The van der Waals surface area contributed by atoms with E-state index < -0.39 is 5.82 Å². The third-order valence-electron chi connectivity index (χ3n) is 4.06. The van der Waals surface area contributed by atoms with Gasteiger partial charge in [-0.25, -0.2) is 8.78 Å². The van der Waals surface area contributed by atoms with Crippen LogP contribution in [-0.4, -0.2) is 7.11 Å². The largest absolute Gasteiger partial charge is 0.493 e. The van der Waals surface area contributed by atoms with Gasteiger partial charge in [0.15, 0.2) is 11.5 Å². The molecule has 28 heavy (non-hydrogen) atoms. The summed E-state index contributed by atoms with van der Waals surface area (Å²) in [6.45, 7) is 0.682. The van der Waals surface area contributed by atoms with Crippen LogP contribution in [0.15, 0.2) is 59.1 Å². The minimum Gasteiger partial charge on any atom is -0.493 e. The van der Waals surface area contributed by atoms with Gasteiger partial charge >= 0.3 is 0 Å². The normalized spacial score (nSPS) is 10.6. The summed E-state index contributed by atoms with van der Waals surface area (Å²) in [4.78, 5) is 0. The summed E-state index contributed by atoms with van der Waals surface area (Å²) in [5.41, 5.74) is 2.41. The van der Waals surface area contributed by atoms with Crippen molar-refractivity contribution < 1.29 is 18.3 Å². The van der Waals surface area contributed by atoms with Crippen LogP contribution in [0.25, 0.3) is 0 Å². The van der Waals surface area contributed by atoms with Crippen LogP contribution < -0.4 is 14.8 Å². The fourth-order valence-corrected chi connectivity index (χ4v) is 3.23. The SMILES string of the molecule is COc1cc(CNc2ccc(F)cc2)c(Br)cc1OCc1ccc(F)cc1Cl. The van der Waals surface area contributed by atoms with Gasteiger partial charge in [0.25, 0.3) is 0 Å². The summed E-state index contributed by atoms with van der Waals surface area (Å²) < 4.78 is 38.2. The molecule has 0 saturated heterocycles. The highest BCUT2D eigenvalue weighted by Crippen LogP contribution is 2.35. The van der Waals surface area contributed by atoms with E-state index in [1.165, 1.54) is 24.3 Å². The minimum absolute atomic E-state index is 0.176. The summed E-state index contributed by atoms with van der Waals surface area (Å²) in [7, 11) is 1.55. The molecule has 3 rings (SSSR count). The van der Waals surface area contributed by atoms with E-state index in [-0.39, 0.29) is 12.4 Å². The first-order chi connectivity index (χ1) is 13.5. The first-order valence-electron chi connectivity index (χ1n) is 8.39. The average Bonchev–Trinajstić information content (AvgIpc) is 2.68. The molecular weight excluding hydrogens is 452 g/mol. The maximum Gasteiger partial charge on any atom is 0.162 e. The Hall–Kier alpha value is -2.31. The molecule has 3 aromatic carbocycles. The predicted molar refractivity (Wildman–Crippen MR) is 110 cm³/mol. The van der Waals surface area contributed by atoms with Gasteiger partial charge in [0.2, 0.25) is 0 Å². The number of ether oxygens (including phenoxy) is 2. The van der Waals surface area contributed by atoms with Crippen LogP contribution in [0.3, 0.4) is 0 Å². The highest BCUT2D eigenvalue weighted by atomic mass is 79.9. The number of hydrogen-bond donors (Lipinski definition) is 1. The maximum atomic E-state index is 13.2. The molecule has 0 aliphatic carbocycles. The van der Waals surface area contributed by atoms with Crippen molar-refractivity contribution in [1.29, 1.82) is 0 Å². The molecule has 0 amide bonds. The number of hydrogen-bond acceptors (Lipinski definition) is 3. The lowest BCUT2D eigenvalue weighted by Gasteiger charge is -2.15. The van der Waals surface area contributed by atoms with Gasteiger partial charge in [-0.05, 0) is 54.1 Å². The first-order valence-corrected chi connectivity index (χ1v) is 9.56. The van der Waals surface area contributed by atoms with Gasteiger partial charge in [0, 0.05) is 22.3 Å². The Morgan fingerprint density at radius 3 is 2.32 bits per heavy atom. The summed E-state index contributed by atoms with van der Waals surface area (Å²) in [5, 5.41) is 3.53. The monoisotopic (exact) mass is 467 g/mol. The second-order valence-electron chi connectivity index (χ2n) is 5.98. The van der Waals surface area contributed by atoms with E-state index in [0.29, 0.717) is 28.6 Å². The summed E-state index contributed by atoms with van der Waals surface area (Å²) in [5.74, 6) is 0.404. The molecule has 7 heteroatoms. The molecule has 0 radical (unpaired) electrons. The van der Waals surface area contributed by atoms with Gasteiger partial charge in [0.05, 0.1) is 12.1 Å². The Morgan fingerprint density at radius 2 is 1.64 bits per heavy atom. The standard InChI is InChI=1S/C21H17BrClF2NO2/c1-27-20-8-14(11-26-17-6-4-15(24)5-7-17)18(22)10-21(20)28-12-13-2-3-16(25)9-19(13)23/h2-10,26H,11-12H2,1H3. The minimum atomic E-state index is -0.396. The van der Waals surface area contributed by atoms with E-state index in [0.717, 1.165) is 15.7 Å². The second kappa shape index (κ2) is 9.26. The fraction of sp³-hybridized carbons (Fsp3) is 0.143. The zero-order valence-electron chi connectivity index (χ0n) is 14.9. The number of methoxy groups -OCH3 is 1. The third-order valence-corrected chi connectivity index (χ3v) is 5.15. The van der Waals surface area contributed by atoms with E-state index in [1.807, 2.05) is 6.07 Å². The van der Waals surface area contributed by atoms with Crippen LogP contribution in [0.4, 0.5) is 14.5 Å². The van der Waals surface area contributed by atoms with Crippen molar-refractivity contribution >= 4 is 33.2 Å². The Bertz CT molecular complexity index is 967. The molecule has 146 valence electrons. The Labute approximate surface area is 175 Å². The molecule has 0 heterocycles. The summed E-state index contributed by atoms with van der Waals surface area (Å²) in [6.07, 6.45) is 0. The van der Waals surface area contributed by atoms with E-state index in [2.05, 4.69) is 21.2 Å². The van der Waals surface area contributed by atoms with Crippen molar-refractivity contribution in [3.05, 3.63) is 86.9 Å². The number of halogens is 4. The van der Waals surface area contributed by atoms with Crippen LogP contribution in [0.2, 0.25) is 5.02 Å². The van der Waals surface area contributed by atoms with E-state index >= 15 is 0 Å². The second-order valence-corrected chi connectivity index (χ2v) is 7.24. The third kappa shape index (κ3) is 5.14. The first kappa shape index (κ1) is 20.4. The van der Waals surface area contributed by atoms with Crippen molar-refractivity contribution in [3.8, 4) is 11.5 Å². The van der Waals surface area contributed by atoms with Crippen LogP contribution in [0.5, 0.6) is 11.5 Å². The number of benzene rings is 3. The lowest BCUT2D eigenvalue weighted by molar-refractivity contribution is 0.284. The smallest absolute Gasteiger partial charge is 0.162 e. The average molecular weight is 469 g/mol. The van der Waals surface area contributed by atoms with Crippen molar-refractivity contribution in [2.24, 2.45) is 0 Å². The molecule has 0 aliphatic heterocycles. The molecule has 3 nitrogen and oxygen atoms in total. The zero-order chi connectivity index (χ0) is 20.1. The van der Waals surface area contributed by atoms with E-state index in [4.69, 9.17) is 21.1 Å². The molecule has 1 N–H and O–H groups in total. The maximum absolute atomic E-state index is 13.2. The van der Waals surface area contributed by atoms with Crippen molar-refractivity contribution in [2.45, 2.75) is 13.2 Å². The van der Waals surface area contributed by atoms with Crippen molar-refractivity contribution in [1.82, 2.24) is 0 Å². The Balaban J connectivity index is 1.72. The molecule has 0 aromatic heterocycles. The van der Waals surface area contributed by atoms with Crippen LogP contribution in [-0.2, 0) is 13.2 Å². The number of rotatable bonds is 7. The number of nitrogens with one attached hydrogen (secondary N) is 1. The van der Waals surface area contributed by atoms with Gasteiger partial charge < -0.3 is 14.8 Å². The molecule has 0 saturated carbocycles. The molecule has 0 fully saturated rings. The van der Waals surface area contributed by atoms with Crippen LogP contribution in [0, 0.1) is 11.6 Å². The van der Waals surface area contributed by atoms with Crippen LogP contribution in [0.1, 0.15) is 11.1 Å².